The number of halogens is 4. The molecule has 1 N–H and O–H groups in total. The fourth-order valence-electron chi connectivity index (χ4n) is 1.25. The van der Waals surface area contributed by atoms with Crippen molar-refractivity contribution in [1.82, 2.24) is 9.97 Å². The van der Waals surface area contributed by atoms with Crippen LogP contribution >= 0.6 is 23.4 Å². The topological polar surface area (TPSA) is 58.1 Å². The molecule has 0 fully saturated rings. The molecule has 21 heavy (non-hydrogen) atoms. The molecule has 1 aromatic heterocycles. The van der Waals surface area contributed by atoms with E-state index in [4.69, 9.17) is 11.6 Å². The molecule has 0 unspecified atom stereocenters. The number of rotatable bonds is 5. The summed E-state index contributed by atoms with van der Waals surface area (Å²) in [4.78, 5) is 20.3. The van der Waals surface area contributed by atoms with E-state index in [1.165, 1.54) is 6.20 Å². The highest BCUT2D eigenvalue weighted by Crippen LogP contribution is 2.28. The van der Waals surface area contributed by atoms with Gasteiger partial charge in [-0.3, -0.25) is 9.79 Å². The Balaban J connectivity index is 2.94. The van der Waals surface area contributed by atoms with Gasteiger partial charge in [-0.25, -0.2) is 4.98 Å². The van der Waals surface area contributed by atoms with Crippen LogP contribution in [0.25, 0.3) is 0 Å². The van der Waals surface area contributed by atoms with E-state index in [1.807, 2.05) is 0 Å². The summed E-state index contributed by atoms with van der Waals surface area (Å²) >= 11 is 6.85. The average molecular weight is 338 g/mol. The van der Waals surface area contributed by atoms with Crippen molar-refractivity contribution in [2.24, 2.45) is 4.99 Å². The molecule has 0 radical (unpaired) electrons. The van der Waals surface area contributed by atoms with E-state index in [1.54, 1.807) is 13.0 Å². The highest BCUT2D eigenvalue weighted by molar-refractivity contribution is 7.99. The summed E-state index contributed by atoms with van der Waals surface area (Å²) in [7, 11) is 0. The molecule has 1 rings (SSSR count). The number of H-pyrrole nitrogens is 1. The summed E-state index contributed by atoms with van der Waals surface area (Å²) in [6.07, 6.45) is -1.67. The van der Waals surface area contributed by atoms with Crippen molar-refractivity contribution in [2.45, 2.75) is 18.3 Å². The Bertz CT molecular complexity index is 637. The molecule has 1 heterocycles. The van der Waals surface area contributed by atoms with Crippen LogP contribution in [0.15, 0.2) is 43.9 Å². The molecule has 0 spiro atoms. The second-order valence-electron chi connectivity index (χ2n) is 3.70. The van der Waals surface area contributed by atoms with Crippen LogP contribution in [0.1, 0.15) is 12.6 Å². The number of thioether (sulfide) groups is 1. The SMILES string of the molecule is C=NC=C(Cl)C(=CC)CSc1nc(C(F)(F)F)cc(=O)[nH]1. The minimum Gasteiger partial charge on any atom is -0.301 e. The summed E-state index contributed by atoms with van der Waals surface area (Å²) in [5.41, 5.74) is -1.46. The van der Waals surface area contributed by atoms with Crippen LogP contribution in [0.4, 0.5) is 13.2 Å². The number of aliphatic imine (C=N–C) groups is 1. The number of hydrogen-bond donors (Lipinski definition) is 1. The van der Waals surface area contributed by atoms with Crippen molar-refractivity contribution in [3.63, 3.8) is 0 Å². The molecule has 0 aliphatic rings. The van der Waals surface area contributed by atoms with Crippen molar-refractivity contribution in [2.75, 3.05) is 5.75 Å². The number of aromatic amines is 1. The van der Waals surface area contributed by atoms with Crippen LogP contribution in [0.2, 0.25) is 0 Å². The molecule has 0 atom stereocenters. The predicted octanol–water partition coefficient (Wildman–Crippen LogP) is 3.61. The first-order valence-electron chi connectivity index (χ1n) is 5.56. The van der Waals surface area contributed by atoms with Gasteiger partial charge in [-0.2, -0.15) is 13.2 Å². The Kier molecular flexibility index (Phi) is 6.22. The zero-order chi connectivity index (χ0) is 16.0. The van der Waals surface area contributed by atoms with Crippen molar-refractivity contribution < 1.29 is 13.2 Å². The summed E-state index contributed by atoms with van der Waals surface area (Å²) in [6, 6.07) is 0.412. The normalized spacial score (nSPS) is 13.4. The first kappa shape index (κ1) is 17.5. The first-order valence-corrected chi connectivity index (χ1v) is 6.92. The monoisotopic (exact) mass is 337 g/mol. The third-order valence-corrected chi connectivity index (χ3v) is 3.50. The molecule has 114 valence electrons. The Morgan fingerprint density at radius 1 is 1.62 bits per heavy atom. The second-order valence-corrected chi connectivity index (χ2v) is 5.07. The summed E-state index contributed by atoms with van der Waals surface area (Å²) < 4.78 is 37.7. The third-order valence-electron chi connectivity index (χ3n) is 2.23. The lowest BCUT2D eigenvalue weighted by Gasteiger charge is -2.08. The van der Waals surface area contributed by atoms with E-state index in [9.17, 15) is 18.0 Å². The van der Waals surface area contributed by atoms with Gasteiger partial charge in [0.1, 0.15) is 0 Å². The lowest BCUT2D eigenvalue weighted by molar-refractivity contribution is -0.141. The number of nitrogens with zero attached hydrogens (tertiary/aromatic N) is 2. The van der Waals surface area contributed by atoms with Gasteiger partial charge in [0.05, 0.1) is 5.03 Å². The molecule has 0 amide bonds. The molecule has 0 aliphatic carbocycles. The Morgan fingerprint density at radius 3 is 2.81 bits per heavy atom. The van der Waals surface area contributed by atoms with Gasteiger partial charge in [0.15, 0.2) is 10.9 Å². The molecule has 0 aliphatic heterocycles. The van der Waals surface area contributed by atoms with Crippen LogP contribution in [-0.4, -0.2) is 22.4 Å². The molecule has 0 saturated heterocycles. The van der Waals surface area contributed by atoms with Crippen LogP contribution in [0.3, 0.4) is 0 Å². The fraction of sp³-hybridized carbons (Fsp3) is 0.250. The summed E-state index contributed by atoms with van der Waals surface area (Å²) in [5, 5.41) is 0.180. The lowest BCUT2D eigenvalue weighted by atomic mass is 10.3. The van der Waals surface area contributed by atoms with Gasteiger partial charge >= 0.3 is 6.18 Å². The molecular weight excluding hydrogens is 327 g/mol. The van der Waals surface area contributed by atoms with E-state index < -0.39 is 17.4 Å². The third kappa shape index (κ3) is 5.39. The van der Waals surface area contributed by atoms with Crippen LogP contribution in [-0.2, 0) is 6.18 Å². The van der Waals surface area contributed by atoms with Crippen LogP contribution in [0.5, 0.6) is 0 Å². The Hall–Kier alpha value is -1.54. The van der Waals surface area contributed by atoms with Gasteiger partial charge in [-0.15, -0.1) is 0 Å². The number of aromatic nitrogens is 2. The van der Waals surface area contributed by atoms with Crippen molar-refractivity contribution in [1.29, 1.82) is 0 Å². The van der Waals surface area contributed by atoms with Gasteiger partial charge in [-0.05, 0) is 19.2 Å². The molecule has 1 aromatic rings. The molecule has 9 heteroatoms. The minimum atomic E-state index is -4.67. The number of alkyl halides is 3. The minimum absolute atomic E-state index is 0.134. The zero-order valence-electron chi connectivity index (χ0n) is 10.9. The number of hydrogen-bond acceptors (Lipinski definition) is 4. The maximum absolute atomic E-state index is 12.6. The van der Waals surface area contributed by atoms with Gasteiger partial charge < -0.3 is 4.98 Å². The summed E-state index contributed by atoms with van der Waals surface area (Å²) in [6.45, 7) is 4.98. The van der Waals surface area contributed by atoms with E-state index in [-0.39, 0.29) is 10.9 Å². The van der Waals surface area contributed by atoms with Crippen molar-refractivity contribution in [3.05, 3.63) is 45.0 Å². The van der Waals surface area contributed by atoms with E-state index in [0.717, 1.165) is 11.8 Å². The van der Waals surface area contributed by atoms with Gasteiger partial charge in [-0.1, -0.05) is 29.4 Å². The largest absolute Gasteiger partial charge is 0.433 e. The Labute approximate surface area is 127 Å². The van der Waals surface area contributed by atoms with Crippen LogP contribution < -0.4 is 5.56 Å². The average Bonchev–Trinajstić information content (AvgIpc) is 2.38. The highest BCUT2D eigenvalue weighted by atomic mass is 35.5. The first-order chi connectivity index (χ1) is 9.77. The number of allylic oxidation sites excluding steroid dienone is 2. The highest BCUT2D eigenvalue weighted by Gasteiger charge is 2.33. The summed E-state index contributed by atoms with van der Waals surface area (Å²) in [5.74, 6) is 0.228. The number of nitrogens with one attached hydrogen (secondary N) is 1. The fourth-order valence-corrected chi connectivity index (χ4v) is 2.52. The van der Waals surface area contributed by atoms with E-state index in [0.29, 0.717) is 16.7 Å². The predicted molar refractivity (Wildman–Crippen MR) is 77.8 cm³/mol. The zero-order valence-corrected chi connectivity index (χ0v) is 12.4. The molecular formula is C12H11ClF3N3OS. The standard InChI is InChI=1S/C12H11ClF3N3OS/c1-3-7(8(13)5-17-2)6-21-11-18-9(12(14,15)16)4-10(20)19-11/h3-5H,2,6H2,1H3,(H,18,19,20). The van der Waals surface area contributed by atoms with Gasteiger partial charge in [0, 0.05) is 18.0 Å². The molecule has 0 saturated carbocycles. The maximum atomic E-state index is 12.6. The maximum Gasteiger partial charge on any atom is 0.433 e. The van der Waals surface area contributed by atoms with Crippen LogP contribution in [0, 0.1) is 0 Å². The quantitative estimate of drug-likeness (QED) is 0.386. The Morgan fingerprint density at radius 2 is 2.29 bits per heavy atom. The lowest BCUT2D eigenvalue weighted by Crippen LogP contribution is -2.16. The second kappa shape index (κ2) is 7.46. The smallest absolute Gasteiger partial charge is 0.301 e. The van der Waals surface area contributed by atoms with Crippen molar-refractivity contribution in [3.8, 4) is 0 Å². The van der Waals surface area contributed by atoms with Gasteiger partial charge in [0.2, 0.25) is 0 Å². The molecule has 4 nitrogen and oxygen atoms in total. The molecule has 0 aromatic carbocycles. The van der Waals surface area contributed by atoms with E-state index in [2.05, 4.69) is 21.7 Å². The molecule has 0 bridgehead atoms. The van der Waals surface area contributed by atoms with Crippen molar-refractivity contribution >= 4 is 30.1 Å². The van der Waals surface area contributed by atoms with E-state index >= 15 is 0 Å². The van der Waals surface area contributed by atoms with Gasteiger partial charge in [0.25, 0.3) is 5.56 Å².